The molecule has 38 heavy (non-hydrogen) atoms. The van der Waals surface area contributed by atoms with Gasteiger partial charge in [-0.1, -0.05) is 17.7 Å². The maximum atomic E-state index is 13.8. The van der Waals surface area contributed by atoms with Gasteiger partial charge in [-0.15, -0.1) is 0 Å². The van der Waals surface area contributed by atoms with Crippen LogP contribution in [0.3, 0.4) is 0 Å². The van der Waals surface area contributed by atoms with Crippen molar-refractivity contribution in [2.45, 2.75) is 43.8 Å². The molecule has 1 fully saturated rings. The van der Waals surface area contributed by atoms with Crippen molar-refractivity contribution < 1.29 is 35.5 Å². The molecule has 2 aromatic carbocycles. The number of carbonyl (C=O) groups excluding carboxylic acids is 1. The largest absolute Gasteiger partial charge is 0.485 e. The summed E-state index contributed by atoms with van der Waals surface area (Å²) in [4.78, 5) is 12.1. The number of halogens is 2. The lowest BCUT2D eigenvalue weighted by atomic mass is 10.1. The van der Waals surface area contributed by atoms with Crippen molar-refractivity contribution in [3.05, 3.63) is 52.8 Å². The molecule has 0 saturated carbocycles. The molecule has 14 heteroatoms. The fourth-order valence-electron chi connectivity index (χ4n) is 4.19. The van der Waals surface area contributed by atoms with Crippen molar-refractivity contribution in [3.63, 3.8) is 0 Å². The molecule has 0 bridgehead atoms. The number of fused-ring (bicyclic) bond motifs is 1. The lowest BCUT2D eigenvalue weighted by molar-refractivity contribution is -0.153. The van der Waals surface area contributed by atoms with Crippen LogP contribution in [0.5, 0.6) is 5.75 Å². The Bertz CT molecular complexity index is 1460. The SMILES string of the molecule is CN1CCN(C[C@H]2CN(S(=O)(=O)c3ccc(F)c(Cl)c3)c3cc(CC(=O)OC(C)(C)C)ccc3O2)S1(=O)=O. The molecule has 0 aliphatic carbocycles. The van der Waals surface area contributed by atoms with Crippen LogP contribution in [0.4, 0.5) is 10.1 Å². The molecule has 4 rings (SSSR count). The third kappa shape index (κ3) is 5.91. The summed E-state index contributed by atoms with van der Waals surface area (Å²) < 4.78 is 81.4. The Labute approximate surface area is 227 Å². The number of ether oxygens (including phenoxy) is 2. The number of anilines is 1. The van der Waals surface area contributed by atoms with Crippen LogP contribution in [0.2, 0.25) is 5.02 Å². The van der Waals surface area contributed by atoms with Gasteiger partial charge in [-0.2, -0.15) is 17.0 Å². The van der Waals surface area contributed by atoms with Crippen molar-refractivity contribution in [3.8, 4) is 5.75 Å². The van der Waals surface area contributed by atoms with E-state index in [9.17, 15) is 26.0 Å². The monoisotopic (exact) mass is 589 g/mol. The molecule has 208 valence electrons. The second-order valence-electron chi connectivity index (χ2n) is 10.1. The highest BCUT2D eigenvalue weighted by molar-refractivity contribution is 7.92. The van der Waals surface area contributed by atoms with Crippen molar-refractivity contribution in [2.24, 2.45) is 0 Å². The average molecular weight is 590 g/mol. The minimum atomic E-state index is -4.29. The lowest BCUT2D eigenvalue weighted by Crippen LogP contribution is -2.49. The van der Waals surface area contributed by atoms with Crippen LogP contribution < -0.4 is 9.04 Å². The molecule has 2 heterocycles. The summed E-state index contributed by atoms with van der Waals surface area (Å²) in [6.45, 7) is 5.46. The second kappa shape index (κ2) is 10.3. The van der Waals surface area contributed by atoms with E-state index in [1.807, 2.05) is 0 Å². The third-order valence-electron chi connectivity index (χ3n) is 5.99. The first kappa shape index (κ1) is 28.6. The summed E-state index contributed by atoms with van der Waals surface area (Å²) in [5, 5.41) is -0.360. The van der Waals surface area contributed by atoms with Crippen molar-refractivity contribution in [2.75, 3.05) is 37.5 Å². The zero-order valence-electron chi connectivity index (χ0n) is 21.3. The molecule has 2 aliphatic heterocycles. The predicted octanol–water partition coefficient (Wildman–Crippen LogP) is 2.81. The molecule has 0 radical (unpaired) electrons. The molecule has 2 aliphatic rings. The highest BCUT2D eigenvalue weighted by atomic mass is 35.5. The summed E-state index contributed by atoms with van der Waals surface area (Å²) in [7, 11) is -6.51. The first-order valence-corrected chi connectivity index (χ1v) is 15.0. The highest BCUT2D eigenvalue weighted by Gasteiger charge is 2.40. The predicted molar refractivity (Wildman–Crippen MR) is 139 cm³/mol. The zero-order chi connectivity index (χ0) is 28.0. The number of rotatable bonds is 6. The summed E-state index contributed by atoms with van der Waals surface area (Å²) >= 11 is 5.87. The van der Waals surface area contributed by atoms with Crippen LogP contribution in [0.15, 0.2) is 41.3 Å². The van der Waals surface area contributed by atoms with Gasteiger partial charge in [0.15, 0.2) is 0 Å². The minimum Gasteiger partial charge on any atom is -0.485 e. The molecule has 0 aromatic heterocycles. The first-order valence-electron chi connectivity index (χ1n) is 11.8. The van der Waals surface area contributed by atoms with E-state index in [0.29, 0.717) is 12.1 Å². The van der Waals surface area contributed by atoms with Crippen molar-refractivity contribution >= 4 is 43.5 Å². The molecule has 10 nitrogen and oxygen atoms in total. The first-order chi connectivity index (χ1) is 17.6. The van der Waals surface area contributed by atoms with E-state index in [0.717, 1.165) is 22.5 Å². The molecular weight excluding hydrogens is 561 g/mol. The second-order valence-corrected chi connectivity index (χ2v) is 14.4. The summed E-state index contributed by atoms with van der Waals surface area (Å²) in [6, 6.07) is 7.74. The highest BCUT2D eigenvalue weighted by Crippen LogP contribution is 2.39. The topological polar surface area (TPSA) is 114 Å². The Hall–Kier alpha value is -2.45. The van der Waals surface area contributed by atoms with Gasteiger partial charge in [0.1, 0.15) is 23.3 Å². The molecule has 1 saturated heterocycles. The average Bonchev–Trinajstić information content (AvgIpc) is 3.05. The van der Waals surface area contributed by atoms with Crippen LogP contribution in [-0.4, -0.2) is 76.3 Å². The van der Waals surface area contributed by atoms with E-state index in [4.69, 9.17) is 21.1 Å². The van der Waals surface area contributed by atoms with E-state index in [2.05, 4.69) is 0 Å². The Morgan fingerprint density at radius 2 is 1.89 bits per heavy atom. The zero-order valence-corrected chi connectivity index (χ0v) is 23.7. The molecule has 1 atom stereocenters. The van der Waals surface area contributed by atoms with E-state index < -0.39 is 43.7 Å². The smallest absolute Gasteiger partial charge is 0.310 e. The summed E-state index contributed by atoms with van der Waals surface area (Å²) in [5.41, 5.74) is -0.0479. The lowest BCUT2D eigenvalue weighted by Gasteiger charge is -2.37. The van der Waals surface area contributed by atoms with Crippen LogP contribution in [-0.2, 0) is 36.2 Å². The van der Waals surface area contributed by atoms with E-state index >= 15 is 0 Å². The van der Waals surface area contributed by atoms with Crippen LogP contribution in [0, 0.1) is 5.82 Å². The van der Waals surface area contributed by atoms with Gasteiger partial charge in [0.05, 0.1) is 35.1 Å². The van der Waals surface area contributed by atoms with Gasteiger partial charge >= 0.3 is 5.97 Å². The van der Waals surface area contributed by atoms with Crippen LogP contribution >= 0.6 is 11.6 Å². The maximum Gasteiger partial charge on any atom is 0.310 e. The number of benzene rings is 2. The number of hydrogen-bond acceptors (Lipinski definition) is 7. The normalized spacial score (nSPS) is 20.2. The number of hydrogen-bond donors (Lipinski definition) is 0. The molecule has 0 N–H and O–H groups in total. The number of likely N-dealkylation sites (N-methyl/N-ethyl adjacent to an activating group) is 1. The number of nitrogens with zero attached hydrogens (tertiary/aromatic N) is 3. The molecular formula is C24H29ClFN3O7S2. The van der Waals surface area contributed by atoms with Crippen LogP contribution in [0.25, 0.3) is 0 Å². The van der Waals surface area contributed by atoms with Gasteiger partial charge in [-0.3, -0.25) is 9.10 Å². The molecule has 0 unspecified atom stereocenters. The fraction of sp³-hybridized carbons (Fsp3) is 0.458. The maximum absolute atomic E-state index is 13.8. The summed E-state index contributed by atoms with van der Waals surface area (Å²) in [5.74, 6) is -1.07. The molecule has 0 spiro atoms. The third-order valence-corrected chi connectivity index (χ3v) is 10.0. The minimum absolute atomic E-state index is 0.0814. The van der Waals surface area contributed by atoms with Gasteiger partial charge in [-0.05, 0) is 56.7 Å². The number of carbonyl (C=O) groups is 1. The van der Waals surface area contributed by atoms with Crippen molar-refractivity contribution in [1.29, 1.82) is 0 Å². The standard InChI is InChI=1S/C24H29ClFN3O7S2/c1-24(2,3)36-23(30)12-16-5-8-22-21(11-16)29(37(31,32)18-6-7-20(26)19(25)13-18)15-17(35-22)14-28-10-9-27(4)38(28,33)34/h5-8,11,13,17H,9-10,12,14-15H2,1-4H3/t17-/m0/s1. The van der Waals surface area contributed by atoms with Gasteiger partial charge in [0.25, 0.3) is 20.2 Å². The Balaban J connectivity index is 1.71. The van der Waals surface area contributed by atoms with Crippen LogP contribution in [0.1, 0.15) is 26.3 Å². The molecule has 2 aromatic rings. The number of sulfonamides is 1. The van der Waals surface area contributed by atoms with E-state index in [1.165, 1.54) is 27.8 Å². The Morgan fingerprint density at radius 3 is 2.50 bits per heavy atom. The summed E-state index contributed by atoms with van der Waals surface area (Å²) in [6.07, 6.45) is -0.950. The van der Waals surface area contributed by atoms with Gasteiger partial charge < -0.3 is 9.47 Å². The van der Waals surface area contributed by atoms with Gasteiger partial charge in [-0.25, -0.2) is 12.8 Å². The Kier molecular flexibility index (Phi) is 7.71. The molecule has 0 amide bonds. The number of esters is 1. The van der Waals surface area contributed by atoms with Crippen molar-refractivity contribution in [1.82, 2.24) is 8.61 Å². The fourth-order valence-corrected chi connectivity index (χ4v) is 7.34. The Morgan fingerprint density at radius 1 is 1.18 bits per heavy atom. The van der Waals surface area contributed by atoms with E-state index in [-0.39, 0.29) is 47.4 Å². The quantitative estimate of drug-likeness (QED) is 0.476. The van der Waals surface area contributed by atoms with Gasteiger partial charge in [0.2, 0.25) is 0 Å². The van der Waals surface area contributed by atoms with E-state index in [1.54, 1.807) is 26.8 Å². The van der Waals surface area contributed by atoms with Gasteiger partial charge in [0, 0.05) is 20.1 Å².